The lowest BCUT2D eigenvalue weighted by molar-refractivity contribution is -0.134. The first-order chi connectivity index (χ1) is 10.7. The van der Waals surface area contributed by atoms with Gasteiger partial charge < -0.3 is 15.4 Å². The highest BCUT2D eigenvalue weighted by molar-refractivity contribution is 7.91. The van der Waals surface area contributed by atoms with Crippen molar-refractivity contribution in [3.8, 4) is 0 Å². The van der Waals surface area contributed by atoms with Crippen molar-refractivity contribution in [3.63, 3.8) is 0 Å². The van der Waals surface area contributed by atoms with Crippen LogP contribution in [-0.4, -0.2) is 56.4 Å². The van der Waals surface area contributed by atoms with E-state index in [1.54, 1.807) is 19.1 Å². The fourth-order valence-corrected chi connectivity index (χ4v) is 4.22. The number of para-hydroxylation sites is 1. The summed E-state index contributed by atoms with van der Waals surface area (Å²) in [5, 5.41) is 0. The quantitative estimate of drug-likeness (QED) is 0.627. The fourth-order valence-electron chi connectivity index (χ4n) is 2.45. The number of anilines is 1. The molecule has 1 unspecified atom stereocenters. The average Bonchev–Trinajstić information content (AvgIpc) is 2.86. The summed E-state index contributed by atoms with van der Waals surface area (Å²) in [5.74, 6) is -1.08. The average molecular weight is 340 g/mol. The molecule has 0 bridgehead atoms. The molecule has 1 saturated heterocycles. The SMILES string of the molecule is Cc1cccc(C(=O)OCC(=O)N(C)C2CCS(=O)(=O)C2)c1N. The Morgan fingerprint density at radius 3 is 2.70 bits per heavy atom. The molecule has 1 heterocycles. The van der Waals surface area contributed by atoms with Gasteiger partial charge >= 0.3 is 5.97 Å². The lowest BCUT2D eigenvalue weighted by atomic mass is 10.1. The molecule has 126 valence electrons. The smallest absolute Gasteiger partial charge is 0.340 e. The third-order valence-corrected chi connectivity index (χ3v) is 5.77. The molecule has 1 fully saturated rings. The van der Waals surface area contributed by atoms with E-state index in [0.29, 0.717) is 12.1 Å². The van der Waals surface area contributed by atoms with Crippen molar-refractivity contribution >= 4 is 27.4 Å². The minimum absolute atomic E-state index is 0.0476. The third-order valence-electron chi connectivity index (χ3n) is 4.02. The number of carbonyl (C=O) groups excluding carboxylic acids is 2. The van der Waals surface area contributed by atoms with Crippen molar-refractivity contribution in [1.29, 1.82) is 0 Å². The summed E-state index contributed by atoms with van der Waals surface area (Å²) in [6, 6.07) is 4.61. The zero-order chi connectivity index (χ0) is 17.2. The van der Waals surface area contributed by atoms with Crippen LogP contribution in [0.4, 0.5) is 5.69 Å². The molecule has 0 saturated carbocycles. The normalized spacial score (nSPS) is 19.3. The summed E-state index contributed by atoms with van der Waals surface area (Å²) in [5.41, 5.74) is 7.10. The van der Waals surface area contributed by atoms with Gasteiger partial charge in [-0.25, -0.2) is 13.2 Å². The molecule has 2 rings (SSSR count). The number of likely N-dealkylation sites (N-methyl/N-ethyl adjacent to an activating group) is 1. The highest BCUT2D eigenvalue weighted by atomic mass is 32.2. The van der Waals surface area contributed by atoms with E-state index in [1.807, 2.05) is 0 Å². The molecule has 0 aliphatic carbocycles. The Hall–Kier alpha value is -2.09. The number of hydrogen-bond donors (Lipinski definition) is 1. The molecule has 1 aliphatic heterocycles. The Bertz CT molecular complexity index is 729. The van der Waals surface area contributed by atoms with Crippen molar-refractivity contribution in [3.05, 3.63) is 29.3 Å². The largest absolute Gasteiger partial charge is 0.452 e. The number of aryl methyl sites for hydroxylation is 1. The highest BCUT2D eigenvalue weighted by Gasteiger charge is 2.33. The van der Waals surface area contributed by atoms with E-state index in [9.17, 15) is 18.0 Å². The molecule has 0 aromatic heterocycles. The Morgan fingerprint density at radius 2 is 2.09 bits per heavy atom. The first-order valence-electron chi connectivity index (χ1n) is 7.19. The Labute approximate surface area is 135 Å². The lowest BCUT2D eigenvalue weighted by Crippen LogP contribution is -2.40. The second-order valence-electron chi connectivity index (χ2n) is 5.67. The zero-order valence-electron chi connectivity index (χ0n) is 13.1. The van der Waals surface area contributed by atoms with Gasteiger partial charge in [0.25, 0.3) is 5.91 Å². The molecule has 1 atom stereocenters. The Morgan fingerprint density at radius 1 is 1.39 bits per heavy atom. The number of benzene rings is 1. The second kappa shape index (κ2) is 6.57. The van der Waals surface area contributed by atoms with Gasteiger partial charge in [0.1, 0.15) is 0 Å². The summed E-state index contributed by atoms with van der Waals surface area (Å²) < 4.78 is 27.9. The molecule has 0 radical (unpaired) electrons. The van der Waals surface area contributed by atoms with Gasteiger partial charge in [-0.15, -0.1) is 0 Å². The van der Waals surface area contributed by atoms with Gasteiger partial charge in [0.15, 0.2) is 16.4 Å². The van der Waals surface area contributed by atoms with Gasteiger partial charge in [-0.1, -0.05) is 12.1 Å². The number of hydrogen-bond acceptors (Lipinski definition) is 6. The minimum atomic E-state index is -3.08. The van der Waals surface area contributed by atoms with E-state index in [4.69, 9.17) is 10.5 Å². The van der Waals surface area contributed by atoms with E-state index in [-0.39, 0.29) is 23.1 Å². The van der Waals surface area contributed by atoms with Crippen molar-refractivity contribution in [2.75, 3.05) is 30.9 Å². The van der Waals surface area contributed by atoms with E-state index in [0.717, 1.165) is 5.56 Å². The van der Waals surface area contributed by atoms with Crippen LogP contribution in [0.1, 0.15) is 22.3 Å². The summed E-state index contributed by atoms with van der Waals surface area (Å²) in [6.45, 7) is 1.32. The van der Waals surface area contributed by atoms with E-state index < -0.39 is 28.3 Å². The first-order valence-corrected chi connectivity index (χ1v) is 9.01. The maximum absolute atomic E-state index is 12.1. The molecular weight excluding hydrogens is 320 g/mol. The molecule has 2 N–H and O–H groups in total. The van der Waals surface area contributed by atoms with Crippen LogP contribution < -0.4 is 5.73 Å². The summed E-state index contributed by atoms with van der Waals surface area (Å²) in [4.78, 5) is 25.4. The van der Waals surface area contributed by atoms with Crippen molar-refractivity contribution < 1.29 is 22.7 Å². The van der Waals surface area contributed by atoms with Crippen molar-refractivity contribution in [1.82, 2.24) is 4.90 Å². The molecule has 0 spiro atoms. The molecule has 7 nitrogen and oxygen atoms in total. The Kier molecular flexibility index (Phi) is 4.93. The van der Waals surface area contributed by atoms with Crippen LogP contribution in [0.3, 0.4) is 0 Å². The van der Waals surface area contributed by atoms with Crippen LogP contribution in [0.25, 0.3) is 0 Å². The van der Waals surface area contributed by atoms with E-state index >= 15 is 0 Å². The number of carbonyl (C=O) groups is 2. The number of esters is 1. The van der Waals surface area contributed by atoms with Gasteiger partial charge in [0.05, 0.1) is 17.1 Å². The number of ether oxygens (including phenoxy) is 1. The fraction of sp³-hybridized carbons (Fsp3) is 0.467. The highest BCUT2D eigenvalue weighted by Crippen LogP contribution is 2.18. The lowest BCUT2D eigenvalue weighted by Gasteiger charge is -2.23. The topological polar surface area (TPSA) is 107 Å². The van der Waals surface area contributed by atoms with Gasteiger partial charge in [0, 0.05) is 18.8 Å². The van der Waals surface area contributed by atoms with Crippen molar-refractivity contribution in [2.45, 2.75) is 19.4 Å². The molecule has 1 aromatic rings. The number of nitrogen functional groups attached to an aromatic ring is 1. The van der Waals surface area contributed by atoms with Crippen LogP contribution in [0.2, 0.25) is 0 Å². The zero-order valence-corrected chi connectivity index (χ0v) is 13.9. The molecule has 23 heavy (non-hydrogen) atoms. The second-order valence-corrected chi connectivity index (χ2v) is 7.90. The van der Waals surface area contributed by atoms with Crippen LogP contribution in [0.5, 0.6) is 0 Å². The van der Waals surface area contributed by atoms with Gasteiger partial charge in [-0.2, -0.15) is 0 Å². The molecule has 8 heteroatoms. The molecular formula is C15H20N2O5S. The van der Waals surface area contributed by atoms with E-state index in [2.05, 4.69) is 0 Å². The number of nitrogens with zero attached hydrogens (tertiary/aromatic N) is 1. The van der Waals surface area contributed by atoms with E-state index in [1.165, 1.54) is 18.0 Å². The van der Waals surface area contributed by atoms with Crippen molar-refractivity contribution in [2.24, 2.45) is 0 Å². The predicted octanol–water partition coefficient (Wildman–Crippen LogP) is 0.380. The van der Waals surface area contributed by atoms with Gasteiger partial charge in [-0.3, -0.25) is 4.79 Å². The first kappa shape index (κ1) is 17.3. The minimum Gasteiger partial charge on any atom is -0.452 e. The maximum Gasteiger partial charge on any atom is 0.340 e. The number of nitrogens with two attached hydrogens (primary N) is 1. The Balaban J connectivity index is 1.94. The predicted molar refractivity (Wildman–Crippen MR) is 85.7 cm³/mol. The van der Waals surface area contributed by atoms with Gasteiger partial charge in [0.2, 0.25) is 0 Å². The van der Waals surface area contributed by atoms with Crippen LogP contribution in [0, 0.1) is 6.92 Å². The monoisotopic (exact) mass is 340 g/mol. The summed E-state index contributed by atoms with van der Waals surface area (Å²) >= 11 is 0. The third kappa shape index (κ3) is 4.01. The maximum atomic E-state index is 12.1. The standard InChI is InChI=1S/C15H20N2O5S/c1-10-4-3-5-12(14(10)16)15(19)22-8-13(18)17(2)11-6-7-23(20,21)9-11/h3-5,11H,6-9,16H2,1-2H3. The van der Waals surface area contributed by atoms with Gasteiger partial charge in [-0.05, 0) is 25.0 Å². The number of amides is 1. The molecule has 1 aliphatic rings. The van der Waals surface area contributed by atoms with Crippen LogP contribution in [-0.2, 0) is 19.4 Å². The summed E-state index contributed by atoms with van der Waals surface area (Å²) in [7, 11) is -1.56. The molecule has 1 amide bonds. The van der Waals surface area contributed by atoms with Crippen LogP contribution in [0.15, 0.2) is 18.2 Å². The molecule has 1 aromatic carbocycles. The number of sulfone groups is 1. The summed E-state index contributed by atoms with van der Waals surface area (Å²) in [6.07, 6.45) is 0.406. The number of rotatable bonds is 4. The van der Waals surface area contributed by atoms with Crippen LogP contribution >= 0.6 is 0 Å².